The molecule has 2 aliphatic rings. The number of pyridine rings is 2. The molecule has 0 saturated heterocycles. The summed E-state index contributed by atoms with van der Waals surface area (Å²) in [6.07, 6.45) is 1.35. The number of fused-ring (bicyclic) bond motifs is 1. The van der Waals surface area contributed by atoms with Gasteiger partial charge < -0.3 is 14.9 Å². The Kier molecular flexibility index (Phi) is 10.8. The van der Waals surface area contributed by atoms with E-state index in [2.05, 4.69) is 27.0 Å². The molecule has 8 nitrogen and oxygen atoms in total. The second-order valence-electron chi connectivity index (χ2n) is 8.32. The number of carboxylic acids is 2. The van der Waals surface area contributed by atoms with Crippen molar-refractivity contribution >= 4 is 11.9 Å². The second-order valence-corrected chi connectivity index (χ2v) is 8.32. The van der Waals surface area contributed by atoms with E-state index in [0.717, 1.165) is 45.2 Å². The van der Waals surface area contributed by atoms with Crippen LogP contribution in [-0.2, 0) is 40.4 Å². The molecule has 1 aliphatic carbocycles. The molecule has 0 spiro atoms. The van der Waals surface area contributed by atoms with Gasteiger partial charge in [-0.2, -0.15) is 26.3 Å². The van der Waals surface area contributed by atoms with Crippen LogP contribution in [0, 0.1) is 5.92 Å². The van der Waals surface area contributed by atoms with E-state index in [4.69, 9.17) is 24.5 Å². The summed E-state index contributed by atoms with van der Waals surface area (Å²) >= 11 is 0. The molecule has 14 heteroatoms. The Bertz CT molecular complexity index is 1010. The Morgan fingerprint density at radius 3 is 2.05 bits per heavy atom. The zero-order valence-electron chi connectivity index (χ0n) is 19.4. The first kappa shape index (κ1) is 30.0. The van der Waals surface area contributed by atoms with Crippen molar-refractivity contribution in [2.45, 2.75) is 51.3 Å². The van der Waals surface area contributed by atoms with Crippen molar-refractivity contribution in [1.82, 2.24) is 14.9 Å². The monoisotopic (exact) mass is 537 g/mol. The third-order valence-corrected chi connectivity index (χ3v) is 5.26. The molecular formula is C23H25F6N3O5. The van der Waals surface area contributed by atoms with Crippen LogP contribution in [0.15, 0.2) is 36.9 Å². The van der Waals surface area contributed by atoms with Crippen LogP contribution in [0.3, 0.4) is 0 Å². The number of carbonyl (C=O) groups is 2. The van der Waals surface area contributed by atoms with Crippen LogP contribution in [0.1, 0.15) is 35.1 Å². The summed E-state index contributed by atoms with van der Waals surface area (Å²) in [5, 5.41) is 14.2. The van der Waals surface area contributed by atoms with E-state index >= 15 is 0 Å². The van der Waals surface area contributed by atoms with Crippen molar-refractivity contribution in [3.8, 4) is 0 Å². The minimum atomic E-state index is -5.08. The van der Waals surface area contributed by atoms with Crippen molar-refractivity contribution in [3.05, 3.63) is 59.2 Å². The first-order valence-corrected chi connectivity index (χ1v) is 11.0. The topological polar surface area (TPSA) is 113 Å². The molecule has 0 radical (unpaired) electrons. The van der Waals surface area contributed by atoms with Crippen molar-refractivity contribution in [3.63, 3.8) is 0 Å². The van der Waals surface area contributed by atoms with Crippen LogP contribution in [0.2, 0.25) is 0 Å². The molecule has 0 amide bonds. The number of halogens is 6. The number of ether oxygens (including phenoxy) is 1. The predicted molar refractivity (Wildman–Crippen MR) is 116 cm³/mol. The lowest BCUT2D eigenvalue weighted by atomic mass is 9.97. The summed E-state index contributed by atoms with van der Waals surface area (Å²) in [5.41, 5.74) is 5.42. The largest absolute Gasteiger partial charge is 0.490 e. The van der Waals surface area contributed by atoms with Crippen molar-refractivity contribution in [2.24, 2.45) is 5.92 Å². The molecule has 2 aromatic heterocycles. The van der Waals surface area contributed by atoms with Gasteiger partial charge in [-0.3, -0.25) is 14.9 Å². The summed E-state index contributed by atoms with van der Waals surface area (Å²) in [6.45, 7) is 4.68. The number of rotatable bonds is 6. The van der Waals surface area contributed by atoms with Crippen molar-refractivity contribution in [1.29, 1.82) is 0 Å². The molecule has 2 aromatic rings. The fourth-order valence-electron chi connectivity index (χ4n) is 3.25. The highest BCUT2D eigenvalue weighted by atomic mass is 19.4. The zero-order chi connectivity index (χ0) is 27.6. The molecule has 2 N–H and O–H groups in total. The lowest BCUT2D eigenvalue weighted by Crippen LogP contribution is -2.31. The second kappa shape index (κ2) is 13.3. The third kappa shape index (κ3) is 11.1. The summed E-state index contributed by atoms with van der Waals surface area (Å²) in [4.78, 5) is 28.8. The maximum Gasteiger partial charge on any atom is 0.490 e. The Labute approximate surface area is 207 Å². The summed E-state index contributed by atoms with van der Waals surface area (Å²) in [6, 6.07) is 4.19. The minimum absolute atomic E-state index is 0.719. The molecule has 1 fully saturated rings. The normalized spacial score (nSPS) is 15.4. The SMILES string of the molecule is O=C(O)C(F)(F)F.O=C(O)C(F)(F)F.c1cc(CN2CCc3c(COCC4CC4)cncc3C2)ccn1. The molecule has 0 unspecified atom stereocenters. The van der Waals surface area contributed by atoms with Crippen LogP contribution in [-0.4, -0.2) is 62.5 Å². The van der Waals surface area contributed by atoms with Crippen LogP contribution >= 0.6 is 0 Å². The molecular weight excluding hydrogens is 512 g/mol. The van der Waals surface area contributed by atoms with Gasteiger partial charge in [-0.25, -0.2) is 9.59 Å². The summed E-state index contributed by atoms with van der Waals surface area (Å²) in [7, 11) is 0. The number of aromatic nitrogens is 2. The molecule has 37 heavy (non-hydrogen) atoms. The van der Waals surface area contributed by atoms with Gasteiger partial charge in [-0.05, 0) is 59.6 Å². The summed E-state index contributed by atoms with van der Waals surface area (Å²) < 4.78 is 69.3. The number of hydrogen-bond acceptors (Lipinski definition) is 6. The van der Waals surface area contributed by atoms with Crippen LogP contribution < -0.4 is 0 Å². The quantitative estimate of drug-likeness (QED) is 0.527. The third-order valence-electron chi connectivity index (χ3n) is 5.26. The van der Waals surface area contributed by atoms with Gasteiger partial charge in [-0.15, -0.1) is 0 Å². The van der Waals surface area contributed by atoms with Gasteiger partial charge in [0.1, 0.15) is 0 Å². The molecule has 0 bridgehead atoms. The first-order valence-electron chi connectivity index (χ1n) is 11.0. The molecule has 3 heterocycles. The Morgan fingerprint density at radius 1 is 0.973 bits per heavy atom. The summed E-state index contributed by atoms with van der Waals surface area (Å²) in [5.74, 6) is -4.70. The van der Waals surface area contributed by atoms with Crippen LogP contribution in [0.4, 0.5) is 26.3 Å². The van der Waals surface area contributed by atoms with Gasteiger partial charge in [0, 0.05) is 51.0 Å². The van der Waals surface area contributed by atoms with E-state index in [0.29, 0.717) is 0 Å². The first-order chi connectivity index (χ1) is 17.3. The fourth-order valence-corrected chi connectivity index (χ4v) is 3.25. The number of hydrogen-bond donors (Lipinski definition) is 2. The Balaban J connectivity index is 0.000000286. The van der Waals surface area contributed by atoms with E-state index in [1.807, 2.05) is 24.8 Å². The van der Waals surface area contributed by atoms with E-state index in [1.54, 1.807) is 0 Å². The molecule has 0 aromatic carbocycles. The van der Waals surface area contributed by atoms with Crippen molar-refractivity contribution in [2.75, 3.05) is 13.2 Å². The average molecular weight is 537 g/mol. The maximum absolute atomic E-state index is 10.6. The van der Waals surface area contributed by atoms with Crippen LogP contribution in [0.25, 0.3) is 0 Å². The van der Waals surface area contributed by atoms with Crippen LogP contribution in [0.5, 0.6) is 0 Å². The predicted octanol–water partition coefficient (Wildman–Crippen LogP) is 4.23. The molecule has 1 saturated carbocycles. The minimum Gasteiger partial charge on any atom is -0.475 e. The van der Waals surface area contributed by atoms with Gasteiger partial charge in [0.2, 0.25) is 0 Å². The molecule has 204 valence electrons. The lowest BCUT2D eigenvalue weighted by Gasteiger charge is -2.29. The smallest absolute Gasteiger partial charge is 0.475 e. The van der Waals surface area contributed by atoms with Crippen molar-refractivity contribution < 1.29 is 50.9 Å². The number of carboxylic acid groups (broad SMARTS) is 2. The van der Waals surface area contributed by atoms with E-state index in [9.17, 15) is 26.3 Å². The zero-order valence-corrected chi connectivity index (χ0v) is 19.4. The lowest BCUT2D eigenvalue weighted by molar-refractivity contribution is -0.193. The van der Waals surface area contributed by atoms with Gasteiger partial charge in [0.25, 0.3) is 0 Å². The molecule has 0 atom stereocenters. The van der Waals surface area contributed by atoms with Gasteiger partial charge in [-0.1, -0.05) is 0 Å². The van der Waals surface area contributed by atoms with Gasteiger partial charge >= 0.3 is 24.3 Å². The highest BCUT2D eigenvalue weighted by Crippen LogP contribution is 2.29. The van der Waals surface area contributed by atoms with Gasteiger partial charge in [0.05, 0.1) is 6.61 Å². The highest BCUT2D eigenvalue weighted by molar-refractivity contribution is 5.73. The van der Waals surface area contributed by atoms with E-state index in [1.165, 1.54) is 35.1 Å². The number of alkyl halides is 6. The van der Waals surface area contributed by atoms with E-state index < -0.39 is 24.3 Å². The average Bonchev–Trinajstić information content (AvgIpc) is 3.64. The maximum atomic E-state index is 10.6. The van der Waals surface area contributed by atoms with E-state index in [-0.39, 0.29) is 0 Å². The standard InChI is InChI=1S/C19H23N3O.2C2HF3O2/c1-2-16(1)13-23-14-18-10-21-9-17-12-22(8-5-19(17)18)11-15-3-6-20-7-4-15;2*3-2(4,5)1(6)7/h3-4,6-7,9-10,16H,1-2,5,8,11-14H2;2*(H,6,7). The highest BCUT2D eigenvalue weighted by Gasteiger charge is 2.38. The number of aliphatic carboxylic acids is 2. The number of nitrogens with zero attached hydrogens (tertiary/aromatic N) is 3. The Morgan fingerprint density at radius 2 is 1.54 bits per heavy atom. The molecule has 1 aliphatic heterocycles. The Hall–Kier alpha value is -3.26. The van der Waals surface area contributed by atoms with Gasteiger partial charge in [0.15, 0.2) is 0 Å². The fraction of sp³-hybridized carbons (Fsp3) is 0.478. The molecule has 4 rings (SSSR count).